The molecular weight excluding hydrogens is 354 g/mol. The molecule has 0 aliphatic carbocycles. The van der Waals surface area contributed by atoms with E-state index < -0.39 is 10.0 Å². The van der Waals surface area contributed by atoms with Gasteiger partial charge in [0.1, 0.15) is 0 Å². The predicted molar refractivity (Wildman–Crippen MR) is 97.3 cm³/mol. The Bertz CT molecular complexity index is 779. The molecule has 0 radical (unpaired) electrons. The van der Waals surface area contributed by atoms with Crippen LogP contribution in [0.5, 0.6) is 0 Å². The fraction of sp³-hybridized carbons (Fsp3) is 0.556. The summed E-state index contributed by atoms with van der Waals surface area (Å²) >= 11 is 0. The Morgan fingerprint density at radius 3 is 2.12 bits per heavy atom. The highest BCUT2D eigenvalue weighted by Crippen LogP contribution is 2.22. The highest BCUT2D eigenvalue weighted by atomic mass is 32.2. The zero-order valence-electron chi connectivity index (χ0n) is 15.1. The summed E-state index contributed by atoms with van der Waals surface area (Å²) in [5.74, 6) is 0.360. The molecule has 2 heterocycles. The molecule has 26 heavy (non-hydrogen) atoms. The van der Waals surface area contributed by atoms with Crippen molar-refractivity contribution in [2.45, 2.75) is 18.7 Å². The number of amides is 1. The molecule has 1 aromatic rings. The number of hydrogen-bond donors (Lipinski definition) is 1. The van der Waals surface area contributed by atoms with Crippen molar-refractivity contribution in [3.8, 4) is 0 Å². The number of benzene rings is 1. The zero-order chi connectivity index (χ0) is 18.9. The first-order valence-electron chi connectivity index (χ1n) is 8.91. The van der Waals surface area contributed by atoms with E-state index >= 15 is 0 Å². The van der Waals surface area contributed by atoms with E-state index in [9.17, 15) is 18.0 Å². The maximum atomic E-state index is 12.8. The Morgan fingerprint density at radius 2 is 1.65 bits per heavy atom. The molecule has 1 amide bonds. The first-order valence-corrected chi connectivity index (χ1v) is 10.4. The minimum Gasteiger partial charge on any atom is -0.340 e. The Morgan fingerprint density at radius 1 is 1.08 bits per heavy atom. The summed E-state index contributed by atoms with van der Waals surface area (Å²) in [6.45, 7) is 6.54. The van der Waals surface area contributed by atoms with E-state index in [1.807, 2.05) is 6.92 Å². The number of Topliss-reactive ketones (excluding diaryl/α,β-unsaturated/α-hetero) is 1. The van der Waals surface area contributed by atoms with Gasteiger partial charge in [0.25, 0.3) is 0 Å². The van der Waals surface area contributed by atoms with E-state index in [2.05, 4.69) is 5.32 Å². The Labute approximate surface area is 154 Å². The molecule has 1 N–H and O–H groups in total. The lowest BCUT2D eigenvalue weighted by Gasteiger charge is -2.38. The molecule has 0 bridgehead atoms. The molecular formula is C18H25N3O4S. The van der Waals surface area contributed by atoms with Crippen molar-refractivity contribution >= 4 is 21.7 Å². The van der Waals surface area contributed by atoms with Crippen molar-refractivity contribution in [1.82, 2.24) is 14.5 Å². The number of ketones is 1. The van der Waals surface area contributed by atoms with Gasteiger partial charge in [0.05, 0.1) is 4.90 Å². The van der Waals surface area contributed by atoms with Crippen molar-refractivity contribution in [2.75, 3.05) is 39.3 Å². The van der Waals surface area contributed by atoms with Crippen LogP contribution in [-0.4, -0.2) is 68.6 Å². The summed E-state index contributed by atoms with van der Waals surface area (Å²) < 4.78 is 27.0. The normalized spacial score (nSPS) is 20.5. The van der Waals surface area contributed by atoms with E-state index in [0.29, 0.717) is 24.6 Å². The van der Waals surface area contributed by atoms with E-state index in [4.69, 9.17) is 0 Å². The second-order valence-corrected chi connectivity index (χ2v) is 8.95. The SMILES string of the molecule is CC(=O)c1ccc(S(=O)(=O)N2CCN(C(=O)C(C)C3CNC3)CC2)cc1. The summed E-state index contributed by atoms with van der Waals surface area (Å²) in [6.07, 6.45) is 0. The lowest BCUT2D eigenvalue weighted by atomic mass is 9.88. The van der Waals surface area contributed by atoms with Crippen molar-refractivity contribution in [1.29, 1.82) is 0 Å². The molecule has 2 aliphatic heterocycles. The summed E-state index contributed by atoms with van der Waals surface area (Å²) in [4.78, 5) is 25.8. The quantitative estimate of drug-likeness (QED) is 0.756. The van der Waals surface area contributed by atoms with Crippen LogP contribution in [0.3, 0.4) is 0 Å². The lowest BCUT2D eigenvalue weighted by molar-refractivity contribution is -0.138. The first-order chi connectivity index (χ1) is 12.3. The van der Waals surface area contributed by atoms with E-state index in [-0.39, 0.29) is 35.6 Å². The number of hydrogen-bond acceptors (Lipinski definition) is 5. The van der Waals surface area contributed by atoms with Gasteiger partial charge in [0, 0.05) is 37.7 Å². The molecule has 1 atom stereocenters. The topological polar surface area (TPSA) is 86.8 Å². The van der Waals surface area contributed by atoms with Gasteiger partial charge >= 0.3 is 0 Å². The van der Waals surface area contributed by atoms with Gasteiger partial charge in [-0.3, -0.25) is 9.59 Å². The largest absolute Gasteiger partial charge is 0.340 e. The molecule has 2 fully saturated rings. The standard InChI is InChI=1S/C18H25N3O4S/c1-13(16-11-19-12-16)18(23)20-7-9-21(10-8-20)26(24,25)17-5-3-15(4-6-17)14(2)22/h3-6,13,16,19H,7-12H2,1-2H3. The van der Waals surface area contributed by atoms with Crippen LogP contribution in [0.25, 0.3) is 0 Å². The molecule has 2 aliphatic rings. The number of carbonyl (C=O) groups is 2. The Kier molecular flexibility index (Phi) is 5.45. The summed E-state index contributed by atoms with van der Waals surface area (Å²) in [6, 6.07) is 6.00. The summed E-state index contributed by atoms with van der Waals surface area (Å²) in [5.41, 5.74) is 0.485. The Hall–Kier alpha value is -1.77. The number of sulfonamides is 1. The van der Waals surface area contributed by atoms with E-state index in [0.717, 1.165) is 13.1 Å². The number of nitrogens with zero attached hydrogens (tertiary/aromatic N) is 2. The van der Waals surface area contributed by atoms with Crippen LogP contribution in [0.15, 0.2) is 29.2 Å². The fourth-order valence-corrected chi connectivity index (χ4v) is 4.74. The average molecular weight is 379 g/mol. The molecule has 1 aromatic carbocycles. The minimum absolute atomic E-state index is 0.0291. The molecule has 0 aromatic heterocycles. The molecule has 142 valence electrons. The van der Waals surface area contributed by atoms with Crippen LogP contribution in [0.2, 0.25) is 0 Å². The van der Waals surface area contributed by atoms with E-state index in [1.165, 1.54) is 35.5 Å². The predicted octanol–water partition coefficient (Wildman–Crippen LogP) is 0.578. The smallest absolute Gasteiger partial charge is 0.243 e. The van der Waals surface area contributed by atoms with Gasteiger partial charge in [0.2, 0.25) is 15.9 Å². The second kappa shape index (κ2) is 7.46. The molecule has 3 rings (SSSR count). The third-order valence-corrected chi connectivity index (χ3v) is 7.27. The monoisotopic (exact) mass is 379 g/mol. The van der Waals surface area contributed by atoms with Crippen LogP contribution in [0, 0.1) is 11.8 Å². The van der Waals surface area contributed by atoms with Crippen LogP contribution < -0.4 is 5.32 Å². The Balaban J connectivity index is 1.63. The molecule has 8 heteroatoms. The number of piperazine rings is 1. The van der Waals surface area contributed by atoms with Crippen LogP contribution in [0.4, 0.5) is 0 Å². The highest BCUT2D eigenvalue weighted by Gasteiger charge is 2.35. The van der Waals surface area contributed by atoms with Gasteiger partial charge in [-0.25, -0.2) is 8.42 Å². The average Bonchev–Trinajstić information content (AvgIpc) is 2.59. The number of carbonyl (C=O) groups excluding carboxylic acids is 2. The fourth-order valence-electron chi connectivity index (χ4n) is 3.31. The molecule has 7 nitrogen and oxygen atoms in total. The second-order valence-electron chi connectivity index (χ2n) is 7.02. The zero-order valence-corrected chi connectivity index (χ0v) is 16.0. The number of rotatable bonds is 5. The molecule has 1 unspecified atom stereocenters. The van der Waals surface area contributed by atoms with Crippen molar-refractivity contribution in [2.24, 2.45) is 11.8 Å². The minimum atomic E-state index is -3.61. The maximum Gasteiger partial charge on any atom is 0.243 e. The molecule has 0 spiro atoms. The van der Waals surface area contributed by atoms with Gasteiger partial charge < -0.3 is 10.2 Å². The molecule has 2 saturated heterocycles. The van der Waals surface area contributed by atoms with Crippen molar-refractivity contribution < 1.29 is 18.0 Å². The van der Waals surface area contributed by atoms with Gasteiger partial charge in [-0.15, -0.1) is 0 Å². The molecule has 0 saturated carbocycles. The maximum absolute atomic E-state index is 12.8. The highest BCUT2D eigenvalue weighted by molar-refractivity contribution is 7.89. The van der Waals surface area contributed by atoms with Crippen molar-refractivity contribution in [3.05, 3.63) is 29.8 Å². The van der Waals surface area contributed by atoms with Crippen LogP contribution in [0.1, 0.15) is 24.2 Å². The summed E-state index contributed by atoms with van der Waals surface area (Å²) in [5, 5.41) is 3.18. The van der Waals surface area contributed by atoms with Gasteiger partial charge in [-0.05, 0) is 38.1 Å². The first kappa shape index (κ1) is 19.0. The van der Waals surface area contributed by atoms with Gasteiger partial charge in [0.15, 0.2) is 5.78 Å². The van der Waals surface area contributed by atoms with Crippen LogP contribution in [-0.2, 0) is 14.8 Å². The van der Waals surface area contributed by atoms with Gasteiger partial charge in [-0.1, -0.05) is 19.1 Å². The summed E-state index contributed by atoms with van der Waals surface area (Å²) in [7, 11) is -3.61. The van der Waals surface area contributed by atoms with E-state index in [1.54, 1.807) is 4.90 Å². The van der Waals surface area contributed by atoms with Crippen LogP contribution >= 0.6 is 0 Å². The third-order valence-electron chi connectivity index (χ3n) is 5.36. The van der Waals surface area contributed by atoms with Gasteiger partial charge in [-0.2, -0.15) is 4.31 Å². The van der Waals surface area contributed by atoms with Crippen molar-refractivity contribution in [3.63, 3.8) is 0 Å². The lowest BCUT2D eigenvalue weighted by Crippen LogP contribution is -2.55. The number of nitrogens with one attached hydrogen (secondary N) is 1. The third kappa shape index (κ3) is 3.67.